The second-order valence-corrected chi connectivity index (χ2v) is 4.54. The van der Waals surface area contributed by atoms with Crippen molar-refractivity contribution in [3.8, 4) is 0 Å². The lowest BCUT2D eigenvalue weighted by Gasteiger charge is -2.06. The van der Waals surface area contributed by atoms with Crippen molar-refractivity contribution in [2.75, 3.05) is 7.11 Å². The predicted octanol–water partition coefficient (Wildman–Crippen LogP) is 2.10. The van der Waals surface area contributed by atoms with E-state index >= 15 is 0 Å². The fraction of sp³-hybridized carbons (Fsp3) is 0.417. The number of fused-ring (bicyclic) bond motifs is 1. The van der Waals surface area contributed by atoms with Crippen LogP contribution in [0.15, 0.2) is 12.3 Å². The summed E-state index contributed by atoms with van der Waals surface area (Å²) < 4.78 is 6.97. The summed E-state index contributed by atoms with van der Waals surface area (Å²) in [7, 11) is 1.58. The third-order valence-corrected chi connectivity index (χ3v) is 2.88. The molecule has 19 heavy (non-hydrogen) atoms. The molecular weight excluding hydrogens is 270 g/mol. The average molecular weight is 284 g/mol. The quantitative estimate of drug-likeness (QED) is 0.878. The Labute approximate surface area is 115 Å². The van der Waals surface area contributed by atoms with Gasteiger partial charge in [-0.15, -0.1) is 0 Å². The van der Waals surface area contributed by atoms with Gasteiger partial charge in [-0.2, -0.15) is 0 Å². The highest BCUT2D eigenvalue weighted by atomic mass is 35.5. The van der Waals surface area contributed by atoms with Crippen LogP contribution in [0.3, 0.4) is 0 Å². The van der Waals surface area contributed by atoms with Gasteiger partial charge in [0, 0.05) is 26.3 Å². The summed E-state index contributed by atoms with van der Waals surface area (Å²) in [5.41, 5.74) is 1.39. The molecule has 0 saturated heterocycles. The molecule has 0 unspecified atom stereocenters. The number of halogens is 1. The second-order valence-electron chi connectivity index (χ2n) is 4.11. The van der Waals surface area contributed by atoms with E-state index in [1.165, 1.54) is 0 Å². The van der Waals surface area contributed by atoms with Gasteiger partial charge in [0.1, 0.15) is 17.9 Å². The van der Waals surface area contributed by atoms with Crippen LogP contribution in [-0.2, 0) is 22.7 Å². The monoisotopic (exact) mass is 283 g/mol. The van der Waals surface area contributed by atoms with E-state index in [2.05, 4.69) is 9.97 Å². The van der Waals surface area contributed by atoms with Gasteiger partial charge in [0.2, 0.25) is 0 Å². The number of carboxylic acid groups (broad SMARTS) is 1. The van der Waals surface area contributed by atoms with Gasteiger partial charge in [-0.1, -0.05) is 11.6 Å². The third kappa shape index (κ3) is 3.21. The maximum absolute atomic E-state index is 10.6. The Morgan fingerprint density at radius 1 is 1.58 bits per heavy atom. The highest BCUT2D eigenvalue weighted by Crippen LogP contribution is 2.19. The molecular formula is C12H14ClN3O3. The molecule has 0 saturated carbocycles. The van der Waals surface area contributed by atoms with Crippen molar-refractivity contribution in [1.82, 2.24) is 14.5 Å². The number of methoxy groups -OCH3 is 1. The first-order valence-electron chi connectivity index (χ1n) is 5.83. The molecule has 0 bridgehead atoms. The first-order chi connectivity index (χ1) is 9.11. The van der Waals surface area contributed by atoms with Crippen LogP contribution in [0.25, 0.3) is 11.2 Å². The summed E-state index contributed by atoms with van der Waals surface area (Å²) >= 11 is 5.88. The minimum Gasteiger partial charge on any atom is -0.481 e. The molecule has 0 aliphatic heterocycles. The normalized spacial score (nSPS) is 11.1. The largest absolute Gasteiger partial charge is 0.481 e. The number of pyridine rings is 1. The van der Waals surface area contributed by atoms with Crippen molar-refractivity contribution >= 4 is 28.7 Å². The molecule has 1 N–H and O–H groups in total. The highest BCUT2D eigenvalue weighted by molar-refractivity contribution is 6.31. The Balaban J connectivity index is 2.31. The molecule has 6 nitrogen and oxygen atoms in total. The Morgan fingerprint density at radius 3 is 3.05 bits per heavy atom. The fourth-order valence-corrected chi connectivity index (χ4v) is 2.05. The SMILES string of the molecule is COCc1nc2cc(Cl)cnc2n1CCCC(=O)O. The molecule has 2 aromatic rings. The van der Waals surface area contributed by atoms with Crippen LogP contribution in [-0.4, -0.2) is 32.7 Å². The number of aliphatic carboxylic acids is 1. The topological polar surface area (TPSA) is 77.2 Å². The van der Waals surface area contributed by atoms with Crippen LogP contribution >= 0.6 is 11.6 Å². The number of hydrogen-bond donors (Lipinski definition) is 1. The number of carboxylic acids is 1. The van der Waals surface area contributed by atoms with Crippen molar-refractivity contribution in [3.05, 3.63) is 23.1 Å². The van der Waals surface area contributed by atoms with Gasteiger partial charge in [0.05, 0.1) is 5.02 Å². The lowest BCUT2D eigenvalue weighted by atomic mass is 10.3. The van der Waals surface area contributed by atoms with Crippen molar-refractivity contribution in [2.24, 2.45) is 0 Å². The van der Waals surface area contributed by atoms with E-state index in [0.29, 0.717) is 35.8 Å². The summed E-state index contributed by atoms with van der Waals surface area (Å²) in [6, 6.07) is 1.73. The summed E-state index contributed by atoms with van der Waals surface area (Å²) in [4.78, 5) is 19.2. The van der Waals surface area contributed by atoms with Crippen molar-refractivity contribution in [3.63, 3.8) is 0 Å². The smallest absolute Gasteiger partial charge is 0.303 e. The maximum atomic E-state index is 10.6. The standard InChI is InChI=1S/C12H14ClN3O3/c1-19-7-10-15-9-5-8(13)6-14-12(9)16(10)4-2-3-11(17)18/h5-6H,2-4,7H2,1H3,(H,17,18). The van der Waals surface area contributed by atoms with E-state index in [1.807, 2.05) is 4.57 Å². The van der Waals surface area contributed by atoms with Crippen LogP contribution in [0.1, 0.15) is 18.7 Å². The van der Waals surface area contributed by atoms with Gasteiger partial charge in [0.25, 0.3) is 0 Å². The Hall–Kier alpha value is -1.66. The van der Waals surface area contributed by atoms with E-state index in [9.17, 15) is 4.79 Å². The van der Waals surface area contributed by atoms with Crippen molar-refractivity contribution < 1.29 is 14.6 Å². The Bertz CT molecular complexity index is 597. The molecule has 2 aromatic heterocycles. The zero-order chi connectivity index (χ0) is 13.8. The van der Waals surface area contributed by atoms with Crippen LogP contribution in [0.4, 0.5) is 0 Å². The van der Waals surface area contributed by atoms with Gasteiger partial charge in [0.15, 0.2) is 5.65 Å². The van der Waals surface area contributed by atoms with Gasteiger partial charge in [-0.3, -0.25) is 4.79 Å². The van der Waals surface area contributed by atoms with Crippen LogP contribution < -0.4 is 0 Å². The van der Waals surface area contributed by atoms with Crippen molar-refractivity contribution in [2.45, 2.75) is 26.0 Å². The molecule has 0 aromatic carbocycles. The molecule has 0 aliphatic rings. The number of imidazole rings is 1. The number of aromatic nitrogens is 3. The number of rotatable bonds is 6. The summed E-state index contributed by atoms with van der Waals surface area (Å²) in [6.45, 7) is 0.886. The first kappa shape index (κ1) is 13.8. The molecule has 0 fully saturated rings. The zero-order valence-electron chi connectivity index (χ0n) is 10.5. The molecule has 0 radical (unpaired) electrons. The van der Waals surface area contributed by atoms with Crippen LogP contribution in [0, 0.1) is 0 Å². The molecule has 0 atom stereocenters. The van der Waals surface area contributed by atoms with Crippen molar-refractivity contribution in [1.29, 1.82) is 0 Å². The predicted molar refractivity (Wildman–Crippen MR) is 70.1 cm³/mol. The number of hydrogen-bond acceptors (Lipinski definition) is 4. The molecule has 2 rings (SSSR count). The summed E-state index contributed by atoms with van der Waals surface area (Å²) in [5.74, 6) is -0.0913. The van der Waals surface area contributed by atoms with Gasteiger partial charge in [-0.25, -0.2) is 9.97 Å². The van der Waals surface area contributed by atoms with Crippen LogP contribution in [0.5, 0.6) is 0 Å². The number of aryl methyl sites for hydroxylation is 1. The lowest BCUT2D eigenvalue weighted by Crippen LogP contribution is -2.07. The first-order valence-corrected chi connectivity index (χ1v) is 6.21. The second kappa shape index (κ2) is 5.99. The summed E-state index contributed by atoms with van der Waals surface area (Å²) in [6.07, 6.45) is 2.18. The summed E-state index contributed by atoms with van der Waals surface area (Å²) in [5, 5.41) is 9.20. The minimum atomic E-state index is -0.811. The molecule has 0 spiro atoms. The van der Waals surface area contributed by atoms with E-state index in [0.717, 1.165) is 5.82 Å². The van der Waals surface area contributed by atoms with Gasteiger partial charge >= 0.3 is 5.97 Å². The molecule has 0 amide bonds. The molecule has 7 heteroatoms. The number of nitrogens with zero attached hydrogens (tertiary/aromatic N) is 3. The maximum Gasteiger partial charge on any atom is 0.303 e. The molecule has 102 valence electrons. The number of ether oxygens (including phenoxy) is 1. The molecule has 2 heterocycles. The highest BCUT2D eigenvalue weighted by Gasteiger charge is 2.12. The molecule has 0 aliphatic carbocycles. The van der Waals surface area contributed by atoms with Crippen LogP contribution in [0.2, 0.25) is 5.02 Å². The average Bonchev–Trinajstić information content (AvgIpc) is 2.66. The zero-order valence-corrected chi connectivity index (χ0v) is 11.2. The number of carbonyl (C=O) groups is 1. The third-order valence-electron chi connectivity index (χ3n) is 2.68. The van der Waals surface area contributed by atoms with E-state index < -0.39 is 5.97 Å². The van der Waals surface area contributed by atoms with E-state index in [1.54, 1.807) is 19.4 Å². The van der Waals surface area contributed by atoms with E-state index in [-0.39, 0.29) is 6.42 Å². The lowest BCUT2D eigenvalue weighted by molar-refractivity contribution is -0.137. The minimum absolute atomic E-state index is 0.111. The van der Waals surface area contributed by atoms with E-state index in [4.69, 9.17) is 21.4 Å². The Morgan fingerprint density at radius 2 is 2.37 bits per heavy atom. The fourth-order valence-electron chi connectivity index (χ4n) is 1.90. The van der Waals surface area contributed by atoms with Gasteiger partial charge < -0.3 is 14.4 Å². The Kier molecular flexibility index (Phi) is 4.34. The van der Waals surface area contributed by atoms with Gasteiger partial charge in [-0.05, 0) is 12.5 Å².